The molecule has 400 valence electrons. The van der Waals surface area contributed by atoms with E-state index in [1.165, 1.54) is 24.3 Å². The number of hydrogen-bond donors (Lipinski definition) is 4. The Bertz CT molecular complexity index is 3750. The molecule has 0 unspecified atom stereocenters. The van der Waals surface area contributed by atoms with Gasteiger partial charge in [-0.05, 0) is 135 Å². The lowest BCUT2D eigenvalue weighted by Gasteiger charge is -2.59. The Morgan fingerprint density at radius 2 is 1.00 bits per heavy atom. The summed E-state index contributed by atoms with van der Waals surface area (Å²) in [6.07, 6.45) is 7.24. The maximum absolute atomic E-state index is 15.5. The molecule has 10 heterocycles. The largest absolute Gasteiger partial charge is 0.393 e. The molecular weight excluding hydrogens is 1010 g/mol. The molecule has 14 rings (SSSR count). The number of ketones is 1. The van der Waals surface area contributed by atoms with E-state index in [1.807, 2.05) is 99.0 Å². The second kappa shape index (κ2) is 19.3. The normalized spacial score (nSPS) is 20.6. The van der Waals surface area contributed by atoms with Crippen molar-refractivity contribution in [2.24, 2.45) is 0 Å². The first-order valence-electron chi connectivity index (χ1n) is 26.8. The fraction of sp³-hybridized carbons (Fsp3) is 0.262. The molecule has 0 spiro atoms. The number of hydrogen-bond acceptors (Lipinski definition) is 13. The van der Waals surface area contributed by atoms with Gasteiger partial charge in [0.1, 0.15) is 34.4 Å². The van der Waals surface area contributed by atoms with Crippen LogP contribution >= 0.6 is 0 Å². The minimum Gasteiger partial charge on any atom is -0.393 e. The van der Waals surface area contributed by atoms with E-state index < -0.39 is 23.3 Å². The number of Topliss-reactive ketones (excluding diaryl/α,β-unsaturated/α-hetero) is 1. The third-order valence-electron chi connectivity index (χ3n) is 16.3. The van der Waals surface area contributed by atoms with Gasteiger partial charge in [0.15, 0.2) is 17.4 Å². The number of aliphatic hydroxyl groups excluding tert-OH is 2. The second-order valence-electron chi connectivity index (χ2n) is 21.9. The van der Waals surface area contributed by atoms with E-state index in [0.717, 1.165) is 67.5 Å². The van der Waals surface area contributed by atoms with Gasteiger partial charge in [0.2, 0.25) is 0 Å². The standard InChI is InChI=1S/C61H54F2N14O3/c1-35-7-3-13-47(66-35)55-45(29-76(72-55)27-37-9-5-11-41(62)19-37)39-15-17-64-49(21-39)57-68-51-31-74(32-52(51)69-57)60(23-43(78)24-60)59(80)61(25-44(79)26-61)75-33-53-54(34-75)71-58(70-53)50-22-40(16-18-65-50)46-30-77(28-38-10-6-12-42(63)20-38)73-56(46)48-14-4-8-36(2)67-48/h3-22,29-30,43-44,78-79H,23-28,31-34H2,1-2H3,(H,68,69)(H,70,71). The molecule has 2 fully saturated rings. The van der Waals surface area contributed by atoms with Crippen molar-refractivity contribution in [3.63, 3.8) is 0 Å². The van der Waals surface area contributed by atoms with Gasteiger partial charge in [-0.3, -0.25) is 43.9 Å². The Hall–Kier alpha value is -8.75. The monoisotopic (exact) mass is 1070 g/mol. The predicted octanol–water partition coefficient (Wildman–Crippen LogP) is 8.79. The van der Waals surface area contributed by atoms with Gasteiger partial charge in [0, 0.05) is 73.5 Å². The van der Waals surface area contributed by atoms with Gasteiger partial charge in [-0.1, -0.05) is 36.4 Å². The molecule has 2 aromatic carbocycles. The lowest BCUT2D eigenvalue weighted by atomic mass is 9.58. The maximum Gasteiger partial charge on any atom is 0.173 e. The number of H-pyrrole nitrogens is 2. The Kier molecular flexibility index (Phi) is 11.9. The Morgan fingerprint density at radius 1 is 0.562 bits per heavy atom. The molecule has 0 saturated heterocycles. The first-order valence-corrected chi connectivity index (χ1v) is 26.8. The number of rotatable bonds is 14. The highest BCUT2D eigenvalue weighted by Gasteiger charge is 2.65. The number of aromatic amines is 2. The molecule has 4 N–H and O–H groups in total. The summed E-state index contributed by atoms with van der Waals surface area (Å²) in [6.45, 7) is 6.23. The van der Waals surface area contributed by atoms with E-state index in [2.05, 4.69) is 19.8 Å². The summed E-state index contributed by atoms with van der Waals surface area (Å²) in [4.78, 5) is 56.0. The van der Waals surface area contributed by atoms with Crippen LogP contribution in [0.1, 0.15) is 71.0 Å². The molecule has 10 aromatic rings. The van der Waals surface area contributed by atoms with Crippen LogP contribution in [0.3, 0.4) is 0 Å². The number of aromatic nitrogens is 12. The molecule has 17 nitrogen and oxygen atoms in total. The molecule has 8 aromatic heterocycles. The Labute approximate surface area is 458 Å². The summed E-state index contributed by atoms with van der Waals surface area (Å²) in [7, 11) is 0. The van der Waals surface area contributed by atoms with Gasteiger partial charge in [-0.2, -0.15) is 10.2 Å². The van der Waals surface area contributed by atoms with Gasteiger partial charge in [0.25, 0.3) is 0 Å². The molecular formula is C61H54F2N14O3. The van der Waals surface area contributed by atoms with Crippen molar-refractivity contribution in [3.8, 4) is 68.1 Å². The van der Waals surface area contributed by atoms with Crippen LogP contribution in [0, 0.1) is 25.5 Å². The maximum atomic E-state index is 15.5. The van der Waals surface area contributed by atoms with Crippen LogP contribution in [-0.2, 0) is 44.1 Å². The highest BCUT2D eigenvalue weighted by molar-refractivity contribution is 5.99. The number of aliphatic hydroxyl groups is 2. The van der Waals surface area contributed by atoms with Gasteiger partial charge < -0.3 is 20.2 Å². The molecule has 0 radical (unpaired) electrons. The minimum atomic E-state index is -0.970. The SMILES string of the molecule is Cc1cccc(-c2nn(Cc3cccc(F)c3)cc2-c2ccnc(-c3nc4c([nH]3)CN(C3(C(=O)C5(N6Cc7nc(-c8cc(-c9cn(Cc%10cccc(F)c%10)nc9-c9cccc(C)n9)ccn8)[nH]c7C6)CC(O)C5)CC(O)C3)C4)c2)n1. The van der Waals surface area contributed by atoms with Crippen molar-refractivity contribution in [1.29, 1.82) is 0 Å². The van der Waals surface area contributed by atoms with E-state index in [4.69, 9.17) is 40.1 Å². The number of fused-ring (bicyclic) bond motifs is 2. The van der Waals surface area contributed by atoms with E-state index in [9.17, 15) is 19.0 Å². The number of halogens is 2. The van der Waals surface area contributed by atoms with E-state index in [1.54, 1.807) is 33.9 Å². The van der Waals surface area contributed by atoms with Crippen molar-refractivity contribution < 1.29 is 23.8 Å². The number of carbonyl (C=O) groups excluding carboxylic acids is 1. The van der Waals surface area contributed by atoms with Crippen molar-refractivity contribution in [2.45, 2.75) is 102 Å². The molecule has 80 heavy (non-hydrogen) atoms. The summed E-state index contributed by atoms with van der Waals surface area (Å²) in [5.41, 5.74) is 12.1. The molecule has 0 amide bonds. The zero-order chi connectivity index (χ0) is 54.4. The van der Waals surface area contributed by atoms with Crippen LogP contribution in [0.2, 0.25) is 0 Å². The predicted molar refractivity (Wildman–Crippen MR) is 292 cm³/mol. The highest BCUT2D eigenvalue weighted by atomic mass is 19.1. The third kappa shape index (κ3) is 8.82. The molecule has 4 aliphatic rings. The third-order valence-corrected chi connectivity index (χ3v) is 16.3. The van der Waals surface area contributed by atoms with Gasteiger partial charge >= 0.3 is 0 Å². The molecule has 0 atom stereocenters. The number of benzene rings is 2. The van der Waals surface area contributed by atoms with Crippen LogP contribution < -0.4 is 0 Å². The number of nitrogens with zero attached hydrogens (tertiary/aromatic N) is 12. The number of carbonyl (C=O) groups is 1. The number of pyridine rings is 4. The van der Waals surface area contributed by atoms with Crippen molar-refractivity contribution in [2.75, 3.05) is 0 Å². The fourth-order valence-corrected chi connectivity index (χ4v) is 12.4. The lowest BCUT2D eigenvalue weighted by molar-refractivity contribution is -0.177. The zero-order valence-electron chi connectivity index (χ0n) is 43.9. The molecule has 2 aliphatic heterocycles. The van der Waals surface area contributed by atoms with Gasteiger partial charge in [0.05, 0.1) is 70.5 Å². The smallest absolute Gasteiger partial charge is 0.173 e. The first kappa shape index (κ1) is 49.5. The lowest BCUT2D eigenvalue weighted by Crippen LogP contribution is -2.74. The van der Waals surface area contributed by atoms with E-state index in [0.29, 0.717) is 85.1 Å². The van der Waals surface area contributed by atoms with E-state index in [-0.39, 0.29) is 43.1 Å². The van der Waals surface area contributed by atoms with Crippen molar-refractivity contribution in [3.05, 3.63) is 191 Å². The number of aryl methyl sites for hydroxylation is 2. The summed E-state index contributed by atoms with van der Waals surface area (Å²) in [5.74, 6) is 0.579. The van der Waals surface area contributed by atoms with Crippen LogP contribution in [0.5, 0.6) is 0 Å². The summed E-state index contributed by atoms with van der Waals surface area (Å²) < 4.78 is 32.0. The average molecular weight is 1070 g/mol. The fourth-order valence-electron chi connectivity index (χ4n) is 12.4. The average Bonchev–Trinajstić information content (AvgIpc) is 4.34. The van der Waals surface area contributed by atoms with E-state index >= 15 is 4.79 Å². The van der Waals surface area contributed by atoms with Crippen LogP contribution in [0.25, 0.3) is 68.1 Å². The number of nitrogens with one attached hydrogen (secondary N) is 2. The summed E-state index contributed by atoms with van der Waals surface area (Å²) in [5, 5.41) is 31.9. The quantitative estimate of drug-likeness (QED) is 0.0804. The van der Waals surface area contributed by atoms with Crippen LogP contribution in [0.15, 0.2) is 134 Å². The topological polar surface area (TPSA) is 209 Å². The Morgan fingerprint density at radius 3 is 1.40 bits per heavy atom. The summed E-state index contributed by atoms with van der Waals surface area (Å²) in [6, 6.07) is 32.4. The summed E-state index contributed by atoms with van der Waals surface area (Å²) >= 11 is 0. The van der Waals surface area contributed by atoms with Crippen LogP contribution in [-0.4, -0.2) is 109 Å². The van der Waals surface area contributed by atoms with Crippen LogP contribution in [0.4, 0.5) is 8.78 Å². The minimum absolute atomic E-state index is 0.00814. The highest BCUT2D eigenvalue weighted by Crippen LogP contribution is 2.52. The first-order chi connectivity index (χ1) is 38.8. The number of imidazole rings is 2. The van der Waals surface area contributed by atoms with Gasteiger partial charge in [-0.15, -0.1) is 0 Å². The Balaban J connectivity index is 0.698. The molecule has 2 saturated carbocycles. The molecule has 0 bridgehead atoms. The molecule has 2 aliphatic carbocycles. The van der Waals surface area contributed by atoms with Crippen molar-refractivity contribution in [1.82, 2.24) is 69.2 Å². The molecule has 19 heteroatoms. The second-order valence-corrected chi connectivity index (χ2v) is 21.9. The van der Waals surface area contributed by atoms with Crippen molar-refractivity contribution >= 4 is 5.78 Å². The zero-order valence-corrected chi connectivity index (χ0v) is 43.9. The van der Waals surface area contributed by atoms with Gasteiger partial charge in [-0.25, -0.2) is 18.7 Å².